The van der Waals surface area contributed by atoms with E-state index in [4.69, 9.17) is 23.8 Å². The molecule has 0 radical (unpaired) electrons. The number of rotatable bonds is 18. The number of nitrogens with zero attached hydrogens (tertiary/aromatic N) is 1. The van der Waals surface area contributed by atoms with E-state index < -0.39 is 53.8 Å². The number of hydroxylamine groups is 2. The number of carbonyl (C=O) groups excluding carboxylic acids is 6. The first-order valence-corrected chi connectivity index (χ1v) is 18.9. The molecule has 3 heterocycles. The Bertz CT molecular complexity index is 1410. The zero-order valence-corrected chi connectivity index (χ0v) is 32.7. The van der Waals surface area contributed by atoms with Gasteiger partial charge in [0.25, 0.3) is 11.8 Å². The molecule has 0 aliphatic carbocycles. The molecule has 3 rings (SSSR count). The zero-order chi connectivity index (χ0) is 40.0. The quantitative estimate of drug-likeness (QED) is 0.0607. The minimum Gasteiger partial charge on any atom is -0.459 e. The number of imide groups is 1. The normalized spacial score (nSPS) is 29.7. The van der Waals surface area contributed by atoms with Crippen LogP contribution >= 0.6 is 0 Å². The van der Waals surface area contributed by atoms with Crippen molar-refractivity contribution >= 4 is 35.6 Å². The Morgan fingerprint density at radius 1 is 1.06 bits per heavy atom. The smallest absolute Gasteiger partial charge is 0.333 e. The van der Waals surface area contributed by atoms with Gasteiger partial charge in [0.2, 0.25) is 11.8 Å². The van der Waals surface area contributed by atoms with Gasteiger partial charge in [0, 0.05) is 52.3 Å². The second-order valence-electron chi connectivity index (χ2n) is 14.7. The number of hydrogen-bond donors (Lipinski definition) is 3. The van der Waals surface area contributed by atoms with E-state index in [2.05, 4.69) is 23.6 Å². The van der Waals surface area contributed by atoms with Crippen molar-refractivity contribution in [3.8, 4) is 0 Å². The Kier molecular flexibility index (Phi) is 17.5. The van der Waals surface area contributed by atoms with Crippen molar-refractivity contribution in [3.63, 3.8) is 0 Å². The number of carbonyl (C=O) groups is 6. The molecule has 3 saturated heterocycles. The maximum atomic E-state index is 12.8. The molecule has 3 fully saturated rings. The topological polar surface area (TPSA) is 196 Å². The van der Waals surface area contributed by atoms with Gasteiger partial charge in [-0.2, -0.15) is 0 Å². The third-order valence-electron chi connectivity index (χ3n) is 10.0. The fraction of sp³-hybridized carbons (Fsp3) is 0.692. The van der Waals surface area contributed by atoms with Crippen LogP contribution in [-0.2, 0) is 52.6 Å². The Labute approximate surface area is 318 Å². The van der Waals surface area contributed by atoms with Crippen LogP contribution in [0.15, 0.2) is 36.0 Å². The highest BCUT2D eigenvalue weighted by atomic mass is 16.7. The van der Waals surface area contributed by atoms with Crippen molar-refractivity contribution in [1.82, 2.24) is 15.7 Å². The number of unbranched alkanes of at least 4 members (excludes halogenated alkanes) is 2. The van der Waals surface area contributed by atoms with Gasteiger partial charge in [-0.1, -0.05) is 37.1 Å². The highest BCUT2D eigenvalue weighted by Crippen LogP contribution is 2.34. The van der Waals surface area contributed by atoms with Crippen LogP contribution in [0.3, 0.4) is 0 Å². The summed E-state index contributed by atoms with van der Waals surface area (Å²) in [5.41, 5.74) is 0.0143. The van der Waals surface area contributed by atoms with Crippen LogP contribution in [0.4, 0.5) is 0 Å². The summed E-state index contributed by atoms with van der Waals surface area (Å²) in [5.74, 6) is -2.39. The van der Waals surface area contributed by atoms with E-state index >= 15 is 0 Å². The van der Waals surface area contributed by atoms with Crippen molar-refractivity contribution in [2.75, 3.05) is 13.7 Å². The monoisotopic (exact) mass is 761 g/mol. The average molecular weight is 762 g/mol. The Hall–Kier alpha value is -3.92. The van der Waals surface area contributed by atoms with Gasteiger partial charge in [0.1, 0.15) is 18.3 Å². The van der Waals surface area contributed by atoms with Crippen molar-refractivity contribution in [3.05, 3.63) is 36.0 Å². The predicted octanol–water partition coefficient (Wildman–Crippen LogP) is 3.28. The van der Waals surface area contributed by atoms with E-state index in [1.807, 2.05) is 19.9 Å². The first-order valence-electron chi connectivity index (χ1n) is 18.9. The van der Waals surface area contributed by atoms with Crippen molar-refractivity contribution in [2.24, 2.45) is 5.92 Å². The predicted molar refractivity (Wildman–Crippen MR) is 196 cm³/mol. The minimum atomic E-state index is -0.964. The standard InChI is InChI=1S/C39H59N3O12/c1-24(12-15-31-25(2)21-30(27(4)52-31)41-33(44)17-14-26(3)51-28(5)43)13-16-32-38(49)39(6,50-7)23-29(53-32)22-34(45)40-20-10-8-9-11-37(48)54-42-35(46)18-19-36(42)47/h12-14,16-17,25-27,29-32,38,49H,8-11,15,18-23H2,1-7H3,(H,40,45)(H,41,44)/b16-13+,17-14-,24-12+/t25-,26?,27+,29+,30?,31-,32+,38+,39?/m0/s1. The number of aliphatic hydroxyl groups excluding tert-OH is 1. The first kappa shape index (κ1) is 44.5. The summed E-state index contributed by atoms with van der Waals surface area (Å²) < 4.78 is 23.2. The number of amides is 4. The number of methoxy groups -OCH3 is 1. The van der Waals surface area contributed by atoms with E-state index in [-0.39, 0.29) is 61.7 Å². The second kappa shape index (κ2) is 21.2. The van der Waals surface area contributed by atoms with Gasteiger partial charge in [-0.25, -0.2) is 4.79 Å². The second-order valence-corrected chi connectivity index (χ2v) is 14.7. The van der Waals surface area contributed by atoms with Gasteiger partial charge in [-0.05, 0) is 65.4 Å². The molecule has 0 bridgehead atoms. The lowest BCUT2D eigenvalue weighted by molar-refractivity contribution is -0.207. The summed E-state index contributed by atoms with van der Waals surface area (Å²) in [7, 11) is 1.53. The maximum Gasteiger partial charge on any atom is 0.333 e. The summed E-state index contributed by atoms with van der Waals surface area (Å²) in [5, 5.41) is 17.5. The zero-order valence-electron chi connectivity index (χ0n) is 32.7. The number of aliphatic hydroxyl groups is 1. The van der Waals surface area contributed by atoms with Crippen LogP contribution < -0.4 is 10.6 Å². The molecule has 3 unspecified atom stereocenters. The van der Waals surface area contributed by atoms with Gasteiger partial charge in [-0.3, -0.25) is 24.0 Å². The Morgan fingerprint density at radius 3 is 2.43 bits per heavy atom. The molecule has 0 saturated carbocycles. The van der Waals surface area contributed by atoms with Crippen molar-refractivity contribution in [2.45, 2.75) is 154 Å². The summed E-state index contributed by atoms with van der Waals surface area (Å²) in [4.78, 5) is 76.3. The highest BCUT2D eigenvalue weighted by Gasteiger charge is 2.46. The van der Waals surface area contributed by atoms with E-state index in [9.17, 15) is 33.9 Å². The molecule has 54 heavy (non-hydrogen) atoms. The molecule has 9 atom stereocenters. The largest absolute Gasteiger partial charge is 0.459 e. The lowest BCUT2D eigenvalue weighted by atomic mass is 9.84. The SMILES string of the molecule is COC1(C)C[C@@H](CC(=O)NCCCCCC(=O)ON2C(=O)CCC2=O)O[C@H](/C=C/C(C)=C/C[C@@H]2O[C@H](C)C(NC(=O)/C=C\C(C)OC(C)=O)C[C@@H]2C)[C@H]1O. The van der Waals surface area contributed by atoms with Crippen LogP contribution in [0, 0.1) is 5.92 Å². The lowest BCUT2D eigenvalue weighted by Crippen LogP contribution is -2.56. The molecular formula is C39H59N3O12. The van der Waals surface area contributed by atoms with E-state index in [1.54, 1.807) is 19.9 Å². The van der Waals surface area contributed by atoms with Crippen LogP contribution in [0.25, 0.3) is 0 Å². The molecule has 3 N–H and O–H groups in total. The lowest BCUT2D eigenvalue weighted by Gasteiger charge is -2.44. The molecule has 0 spiro atoms. The van der Waals surface area contributed by atoms with Crippen LogP contribution in [-0.4, -0.2) is 108 Å². The molecule has 3 aliphatic rings. The van der Waals surface area contributed by atoms with Crippen LogP contribution in [0.2, 0.25) is 0 Å². The number of ether oxygens (including phenoxy) is 4. The third-order valence-corrected chi connectivity index (χ3v) is 10.0. The van der Waals surface area contributed by atoms with Gasteiger partial charge in [0.15, 0.2) is 0 Å². The van der Waals surface area contributed by atoms with E-state index in [0.29, 0.717) is 43.7 Å². The highest BCUT2D eigenvalue weighted by molar-refractivity contribution is 6.01. The summed E-state index contributed by atoms with van der Waals surface area (Å²) in [6, 6.07) is -0.163. The molecule has 0 aromatic heterocycles. The molecule has 0 aromatic carbocycles. The molecular weight excluding hydrogens is 702 g/mol. The van der Waals surface area contributed by atoms with Gasteiger partial charge < -0.3 is 39.5 Å². The van der Waals surface area contributed by atoms with Gasteiger partial charge in [0.05, 0.1) is 36.4 Å². The molecule has 15 heteroatoms. The van der Waals surface area contributed by atoms with Gasteiger partial charge >= 0.3 is 11.9 Å². The molecule has 0 aromatic rings. The summed E-state index contributed by atoms with van der Waals surface area (Å²) in [6.45, 7) is 11.2. The molecule has 15 nitrogen and oxygen atoms in total. The maximum absolute atomic E-state index is 12.8. The van der Waals surface area contributed by atoms with Crippen LogP contribution in [0.5, 0.6) is 0 Å². The first-order chi connectivity index (χ1) is 25.5. The van der Waals surface area contributed by atoms with E-state index in [1.165, 1.54) is 26.2 Å². The third kappa shape index (κ3) is 14.1. The number of nitrogens with one attached hydrogen (secondary N) is 2. The molecule has 302 valence electrons. The van der Waals surface area contributed by atoms with Gasteiger partial charge in [-0.15, -0.1) is 5.06 Å². The Balaban J connectivity index is 1.42. The van der Waals surface area contributed by atoms with Crippen molar-refractivity contribution in [1.29, 1.82) is 0 Å². The molecule has 3 aliphatic heterocycles. The van der Waals surface area contributed by atoms with E-state index in [0.717, 1.165) is 12.0 Å². The van der Waals surface area contributed by atoms with Crippen LogP contribution in [0.1, 0.15) is 106 Å². The number of hydrogen-bond acceptors (Lipinski definition) is 12. The average Bonchev–Trinajstić information content (AvgIpc) is 3.42. The molecule has 4 amide bonds. The Morgan fingerprint density at radius 2 is 1.76 bits per heavy atom. The summed E-state index contributed by atoms with van der Waals surface area (Å²) in [6.07, 6.45) is 9.37. The fourth-order valence-corrected chi connectivity index (χ4v) is 6.71. The fourth-order valence-electron chi connectivity index (χ4n) is 6.71. The number of esters is 1. The number of allylic oxidation sites excluding steroid dienone is 2. The minimum absolute atomic E-state index is 0.0446. The summed E-state index contributed by atoms with van der Waals surface area (Å²) >= 11 is 0. The van der Waals surface area contributed by atoms with Crippen molar-refractivity contribution < 1.29 is 57.7 Å².